The highest BCUT2D eigenvalue weighted by Gasteiger charge is 2.39. The van der Waals surface area contributed by atoms with E-state index in [1.54, 1.807) is 30.5 Å². The molecule has 9 heteroatoms. The number of nitrogens with one attached hydrogen (secondary N) is 1. The number of fused-ring (bicyclic) bond motifs is 1. The number of amides is 1. The molecule has 2 atom stereocenters. The molecular formula is C22H26N4O4S. The van der Waals surface area contributed by atoms with Crippen molar-refractivity contribution in [2.45, 2.75) is 42.7 Å². The fourth-order valence-electron chi connectivity index (χ4n) is 4.85. The number of likely N-dealkylation sites (tertiary alicyclic amines) is 2. The summed E-state index contributed by atoms with van der Waals surface area (Å²) in [7, 11) is -3.71. The van der Waals surface area contributed by atoms with Crippen LogP contribution in [0.2, 0.25) is 0 Å². The van der Waals surface area contributed by atoms with Crippen LogP contribution in [0.1, 0.15) is 43.0 Å². The van der Waals surface area contributed by atoms with Gasteiger partial charge in [-0.05, 0) is 63.0 Å². The van der Waals surface area contributed by atoms with Gasteiger partial charge in [0.05, 0.1) is 12.3 Å². The number of carbonyl (C=O) groups is 1. The van der Waals surface area contributed by atoms with Crippen LogP contribution in [-0.4, -0.2) is 62.2 Å². The van der Waals surface area contributed by atoms with Crippen molar-refractivity contribution in [3.63, 3.8) is 0 Å². The number of hydrogen-bond acceptors (Lipinski definition) is 6. The lowest BCUT2D eigenvalue weighted by molar-refractivity contribution is -0.124. The van der Waals surface area contributed by atoms with E-state index in [1.165, 1.54) is 0 Å². The molecule has 0 saturated carbocycles. The van der Waals surface area contributed by atoms with Crippen molar-refractivity contribution < 1.29 is 17.6 Å². The molecule has 0 spiro atoms. The Morgan fingerprint density at radius 2 is 1.94 bits per heavy atom. The van der Waals surface area contributed by atoms with Crippen molar-refractivity contribution in [1.82, 2.24) is 15.1 Å². The summed E-state index contributed by atoms with van der Waals surface area (Å²) >= 11 is 0. The topological polar surface area (TPSA) is 95.2 Å². The van der Waals surface area contributed by atoms with Gasteiger partial charge in [0.25, 0.3) is 10.0 Å². The Kier molecular flexibility index (Phi) is 5.31. The first-order valence-electron chi connectivity index (χ1n) is 10.8. The predicted molar refractivity (Wildman–Crippen MR) is 115 cm³/mol. The van der Waals surface area contributed by atoms with Gasteiger partial charge in [-0.1, -0.05) is 12.1 Å². The van der Waals surface area contributed by atoms with Crippen molar-refractivity contribution in [2.24, 2.45) is 4.40 Å². The Bertz CT molecular complexity index is 1090. The summed E-state index contributed by atoms with van der Waals surface area (Å²) in [5.74, 6) is 1.14. The van der Waals surface area contributed by atoms with E-state index in [1.807, 2.05) is 17.0 Å². The third-order valence-corrected chi connectivity index (χ3v) is 7.69. The van der Waals surface area contributed by atoms with Crippen LogP contribution in [-0.2, 0) is 14.8 Å². The minimum atomic E-state index is -3.71. The molecule has 5 rings (SSSR count). The molecule has 0 bridgehead atoms. The predicted octanol–water partition coefficient (Wildman–Crippen LogP) is 2.15. The van der Waals surface area contributed by atoms with Crippen LogP contribution in [0.15, 0.2) is 56.4 Å². The molecule has 2 saturated heterocycles. The maximum absolute atomic E-state index is 13.2. The summed E-state index contributed by atoms with van der Waals surface area (Å²) in [6.07, 6.45) is 5.44. The molecular weight excluding hydrogens is 416 g/mol. The van der Waals surface area contributed by atoms with Crippen LogP contribution in [0.25, 0.3) is 0 Å². The van der Waals surface area contributed by atoms with E-state index in [0.717, 1.165) is 38.1 Å². The Labute approximate surface area is 182 Å². The smallest absolute Gasteiger partial charge is 0.285 e. The molecule has 2 unspecified atom stereocenters. The second-order valence-corrected chi connectivity index (χ2v) is 9.83. The molecule has 3 aliphatic rings. The third-order valence-electron chi connectivity index (χ3n) is 6.36. The lowest BCUT2D eigenvalue weighted by Crippen LogP contribution is -2.47. The van der Waals surface area contributed by atoms with Gasteiger partial charge in [-0.15, -0.1) is 4.40 Å². The van der Waals surface area contributed by atoms with E-state index < -0.39 is 16.1 Å². The highest BCUT2D eigenvalue weighted by atomic mass is 32.2. The van der Waals surface area contributed by atoms with Crippen molar-refractivity contribution in [1.29, 1.82) is 0 Å². The minimum absolute atomic E-state index is 0.00114. The molecule has 1 aromatic heterocycles. The van der Waals surface area contributed by atoms with Crippen molar-refractivity contribution in [3.05, 3.63) is 54.0 Å². The number of amidine groups is 1. The second kappa shape index (κ2) is 8.12. The van der Waals surface area contributed by atoms with Gasteiger partial charge < -0.3 is 14.6 Å². The highest BCUT2D eigenvalue weighted by Crippen LogP contribution is 2.31. The maximum Gasteiger partial charge on any atom is 0.285 e. The summed E-state index contributed by atoms with van der Waals surface area (Å²) in [5.41, 5.74) is 0.577. The zero-order valence-electron chi connectivity index (χ0n) is 17.2. The standard InChI is InChI=1S/C22H26N4O4S/c27-22(23-15-18(19-9-6-14-30-19)25-11-3-4-12-25)17-8-5-13-26(17)21-16-7-1-2-10-20(16)31(28,29)24-21/h1-2,6-7,9-10,14,17-18H,3-5,8,11-13,15H2,(H,23,27). The molecule has 1 aromatic carbocycles. The zero-order chi connectivity index (χ0) is 21.4. The molecule has 0 aliphatic carbocycles. The Morgan fingerprint density at radius 3 is 2.71 bits per heavy atom. The number of benzene rings is 1. The van der Waals surface area contributed by atoms with Crippen LogP contribution in [0.4, 0.5) is 0 Å². The van der Waals surface area contributed by atoms with E-state index in [0.29, 0.717) is 30.9 Å². The van der Waals surface area contributed by atoms with E-state index in [4.69, 9.17) is 4.42 Å². The number of nitrogens with zero attached hydrogens (tertiary/aromatic N) is 3. The van der Waals surface area contributed by atoms with E-state index in [2.05, 4.69) is 14.6 Å². The van der Waals surface area contributed by atoms with Gasteiger partial charge in [0.1, 0.15) is 16.7 Å². The zero-order valence-corrected chi connectivity index (χ0v) is 18.1. The molecule has 2 fully saturated rings. The fourth-order valence-corrected chi connectivity index (χ4v) is 6.06. The SMILES string of the molecule is O=C(NCC(c1ccco1)N1CCCC1)C1CCCN1C1=NS(=O)(=O)c2ccccc21. The van der Waals surface area contributed by atoms with Crippen LogP contribution < -0.4 is 5.32 Å². The van der Waals surface area contributed by atoms with Crippen molar-refractivity contribution in [2.75, 3.05) is 26.2 Å². The molecule has 8 nitrogen and oxygen atoms in total. The monoisotopic (exact) mass is 442 g/mol. The molecule has 164 valence electrons. The minimum Gasteiger partial charge on any atom is -0.468 e. The quantitative estimate of drug-likeness (QED) is 0.762. The molecule has 1 amide bonds. The first kappa shape index (κ1) is 20.3. The van der Waals surface area contributed by atoms with Gasteiger partial charge >= 0.3 is 0 Å². The molecule has 31 heavy (non-hydrogen) atoms. The molecule has 3 aliphatic heterocycles. The normalized spacial score (nSPS) is 23.5. The van der Waals surface area contributed by atoms with Gasteiger partial charge in [0.2, 0.25) is 5.91 Å². The van der Waals surface area contributed by atoms with E-state index in [9.17, 15) is 13.2 Å². The summed E-state index contributed by atoms with van der Waals surface area (Å²) in [4.78, 5) is 17.6. The lowest BCUT2D eigenvalue weighted by Gasteiger charge is -2.29. The van der Waals surface area contributed by atoms with Gasteiger partial charge in [-0.3, -0.25) is 9.69 Å². The largest absolute Gasteiger partial charge is 0.468 e. The van der Waals surface area contributed by atoms with Crippen LogP contribution >= 0.6 is 0 Å². The number of carbonyl (C=O) groups excluding carboxylic acids is 1. The second-order valence-electron chi connectivity index (χ2n) is 8.26. The van der Waals surface area contributed by atoms with Crippen molar-refractivity contribution in [3.8, 4) is 0 Å². The fraction of sp³-hybridized carbons (Fsp3) is 0.455. The van der Waals surface area contributed by atoms with Gasteiger partial charge in [-0.25, -0.2) is 0 Å². The summed E-state index contributed by atoms with van der Waals surface area (Å²) in [6.45, 7) is 3.04. The number of sulfonamides is 1. The van der Waals surface area contributed by atoms with E-state index >= 15 is 0 Å². The van der Waals surface area contributed by atoms with Gasteiger partial charge in [-0.2, -0.15) is 8.42 Å². The molecule has 1 N–H and O–H groups in total. The first-order chi connectivity index (χ1) is 15.0. The number of rotatable bonds is 5. The van der Waals surface area contributed by atoms with Crippen LogP contribution in [0, 0.1) is 0 Å². The summed E-state index contributed by atoms with van der Waals surface area (Å²) in [5, 5.41) is 3.10. The number of furan rings is 1. The third kappa shape index (κ3) is 3.76. The molecule has 4 heterocycles. The van der Waals surface area contributed by atoms with Crippen LogP contribution in [0.5, 0.6) is 0 Å². The van der Waals surface area contributed by atoms with Crippen LogP contribution in [0.3, 0.4) is 0 Å². The maximum atomic E-state index is 13.2. The Morgan fingerprint density at radius 1 is 1.13 bits per heavy atom. The lowest BCUT2D eigenvalue weighted by atomic mass is 10.1. The average molecular weight is 443 g/mol. The van der Waals surface area contributed by atoms with E-state index in [-0.39, 0.29) is 16.8 Å². The number of hydrogen-bond donors (Lipinski definition) is 1. The Hall–Kier alpha value is -2.65. The average Bonchev–Trinajstić information content (AvgIpc) is 3.56. The summed E-state index contributed by atoms with van der Waals surface area (Å²) in [6, 6.07) is 10.2. The molecule has 2 aromatic rings. The summed E-state index contributed by atoms with van der Waals surface area (Å²) < 4.78 is 34.6. The molecule has 0 radical (unpaired) electrons. The highest BCUT2D eigenvalue weighted by molar-refractivity contribution is 7.90. The Balaban J connectivity index is 1.33. The van der Waals surface area contributed by atoms with Gasteiger partial charge in [0.15, 0.2) is 5.84 Å². The van der Waals surface area contributed by atoms with Gasteiger partial charge in [0, 0.05) is 18.7 Å². The van der Waals surface area contributed by atoms with Crippen molar-refractivity contribution >= 4 is 21.8 Å². The first-order valence-corrected chi connectivity index (χ1v) is 12.2.